The highest BCUT2D eigenvalue weighted by Crippen LogP contribution is 2.23. The summed E-state index contributed by atoms with van der Waals surface area (Å²) in [6.07, 6.45) is -0.750. The van der Waals surface area contributed by atoms with Crippen LogP contribution in [0, 0.1) is 5.82 Å². The second kappa shape index (κ2) is 8.57. The Labute approximate surface area is 172 Å². The number of halogens is 1. The lowest BCUT2D eigenvalue weighted by Crippen LogP contribution is -2.30. The van der Waals surface area contributed by atoms with E-state index < -0.39 is 6.10 Å². The molecule has 0 bridgehead atoms. The molecular weight excluding hydrogens is 385 g/mol. The lowest BCUT2D eigenvalue weighted by Gasteiger charge is -2.14. The third-order valence-electron chi connectivity index (χ3n) is 4.35. The van der Waals surface area contributed by atoms with Gasteiger partial charge in [-0.2, -0.15) is 4.98 Å². The molecule has 1 amide bonds. The average Bonchev–Trinajstić information content (AvgIpc) is 3.27. The second-order valence-corrected chi connectivity index (χ2v) is 6.57. The SMILES string of the molecule is C[C@@H](Oc1ccc(F)cc1)C(=O)Nc1ccc(-c2nc(-c3ccccc3)no2)cc1. The first-order chi connectivity index (χ1) is 14.6. The first-order valence-corrected chi connectivity index (χ1v) is 9.31. The van der Waals surface area contributed by atoms with Gasteiger partial charge in [0.15, 0.2) is 6.10 Å². The maximum Gasteiger partial charge on any atom is 0.265 e. The van der Waals surface area contributed by atoms with Crippen molar-refractivity contribution in [3.63, 3.8) is 0 Å². The molecule has 0 saturated heterocycles. The van der Waals surface area contributed by atoms with Crippen molar-refractivity contribution < 1.29 is 18.4 Å². The highest BCUT2D eigenvalue weighted by molar-refractivity contribution is 5.94. The van der Waals surface area contributed by atoms with Gasteiger partial charge in [-0.05, 0) is 55.5 Å². The van der Waals surface area contributed by atoms with Crippen LogP contribution in [0.5, 0.6) is 5.75 Å². The number of nitrogens with zero attached hydrogens (tertiary/aromatic N) is 2. The summed E-state index contributed by atoms with van der Waals surface area (Å²) < 4.78 is 23.8. The van der Waals surface area contributed by atoms with Crippen LogP contribution in [0.3, 0.4) is 0 Å². The number of anilines is 1. The molecule has 4 rings (SSSR count). The van der Waals surface area contributed by atoms with Gasteiger partial charge in [-0.25, -0.2) is 4.39 Å². The fourth-order valence-corrected chi connectivity index (χ4v) is 2.76. The molecule has 3 aromatic carbocycles. The molecule has 1 atom stereocenters. The van der Waals surface area contributed by atoms with Crippen molar-refractivity contribution in [2.75, 3.05) is 5.32 Å². The van der Waals surface area contributed by atoms with Crippen LogP contribution in [0.15, 0.2) is 83.4 Å². The molecule has 6 nitrogen and oxygen atoms in total. The van der Waals surface area contributed by atoms with Gasteiger partial charge in [0.25, 0.3) is 11.8 Å². The van der Waals surface area contributed by atoms with Gasteiger partial charge in [0.05, 0.1) is 0 Å². The van der Waals surface area contributed by atoms with Gasteiger partial charge in [0, 0.05) is 16.8 Å². The summed E-state index contributed by atoms with van der Waals surface area (Å²) in [5, 5.41) is 6.78. The number of aromatic nitrogens is 2. The standard InChI is InChI=1S/C23H18FN3O3/c1-15(29-20-13-9-18(24)10-14-20)22(28)25-19-11-7-17(8-12-19)23-26-21(27-30-23)16-5-3-2-4-6-16/h2-15H,1H3,(H,25,28)/t15-/m1/s1. The summed E-state index contributed by atoms with van der Waals surface area (Å²) in [6.45, 7) is 1.62. The number of carbonyl (C=O) groups excluding carboxylic acids is 1. The van der Waals surface area contributed by atoms with Crippen LogP contribution in [0.1, 0.15) is 6.92 Å². The zero-order valence-corrected chi connectivity index (χ0v) is 16.1. The number of carbonyl (C=O) groups is 1. The predicted molar refractivity (Wildman–Crippen MR) is 110 cm³/mol. The van der Waals surface area contributed by atoms with E-state index in [1.807, 2.05) is 30.3 Å². The predicted octanol–water partition coefficient (Wildman–Crippen LogP) is 4.95. The Bertz CT molecular complexity index is 1130. The molecule has 0 unspecified atom stereocenters. The number of rotatable bonds is 6. The molecule has 150 valence electrons. The molecule has 1 aromatic heterocycles. The molecule has 4 aromatic rings. The van der Waals surface area contributed by atoms with Crippen LogP contribution < -0.4 is 10.1 Å². The Balaban J connectivity index is 1.39. The first-order valence-electron chi connectivity index (χ1n) is 9.31. The van der Waals surface area contributed by atoms with E-state index in [1.165, 1.54) is 24.3 Å². The largest absolute Gasteiger partial charge is 0.481 e. The topological polar surface area (TPSA) is 77.2 Å². The monoisotopic (exact) mass is 403 g/mol. The highest BCUT2D eigenvalue weighted by Gasteiger charge is 2.16. The molecule has 0 fully saturated rings. The third-order valence-corrected chi connectivity index (χ3v) is 4.35. The minimum Gasteiger partial charge on any atom is -0.481 e. The van der Waals surface area contributed by atoms with E-state index in [1.54, 1.807) is 31.2 Å². The van der Waals surface area contributed by atoms with Crippen molar-refractivity contribution in [3.05, 3.63) is 84.7 Å². The molecule has 0 aliphatic carbocycles. The van der Waals surface area contributed by atoms with Gasteiger partial charge in [0.1, 0.15) is 11.6 Å². The zero-order valence-electron chi connectivity index (χ0n) is 16.1. The van der Waals surface area contributed by atoms with E-state index in [-0.39, 0.29) is 11.7 Å². The zero-order chi connectivity index (χ0) is 20.9. The van der Waals surface area contributed by atoms with Crippen LogP contribution in [-0.4, -0.2) is 22.2 Å². The van der Waals surface area contributed by atoms with E-state index in [0.29, 0.717) is 23.2 Å². The Morgan fingerprint density at radius 3 is 2.37 bits per heavy atom. The fourth-order valence-electron chi connectivity index (χ4n) is 2.76. The van der Waals surface area contributed by atoms with E-state index in [2.05, 4.69) is 15.5 Å². The summed E-state index contributed by atoms with van der Waals surface area (Å²) in [4.78, 5) is 16.8. The fraction of sp³-hybridized carbons (Fsp3) is 0.0870. The quantitative estimate of drug-likeness (QED) is 0.493. The van der Waals surface area contributed by atoms with Crippen molar-refractivity contribution in [3.8, 4) is 28.6 Å². The number of amides is 1. The lowest BCUT2D eigenvalue weighted by atomic mass is 10.2. The van der Waals surface area contributed by atoms with Crippen molar-refractivity contribution in [1.29, 1.82) is 0 Å². The number of nitrogens with one attached hydrogen (secondary N) is 1. The molecule has 7 heteroatoms. The average molecular weight is 403 g/mol. The molecule has 0 saturated carbocycles. The Morgan fingerprint density at radius 2 is 1.67 bits per heavy atom. The summed E-state index contributed by atoms with van der Waals surface area (Å²) in [7, 11) is 0. The molecule has 0 aliphatic rings. The first kappa shape index (κ1) is 19.3. The van der Waals surface area contributed by atoms with Gasteiger partial charge < -0.3 is 14.6 Å². The van der Waals surface area contributed by atoms with Crippen molar-refractivity contribution in [2.45, 2.75) is 13.0 Å². The van der Waals surface area contributed by atoms with E-state index in [4.69, 9.17) is 9.26 Å². The van der Waals surface area contributed by atoms with Gasteiger partial charge in [0.2, 0.25) is 5.82 Å². The van der Waals surface area contributed by atoms with Gasteiger partial charge in [-0.15, -0.1) is 0 Å². The molecule has 0 aliphatic heterocycles. The molecule has 1 heterocycles. The van der Waals surface area contributed by atoms with E-state index >= 15 is 0 Å². The molecule has 0 spiro atoms. The van der Waals surface area contributed by atoms with E-state index in [0.717, 1.165) is 11.1 Å². The summed E-state index contributed by atoms with van der Waals surface area (Å²) in [6, 6.07) is 22.1. The minimum absolute atomic E-state index is 0.323. The molecule has 1 N–H and O–H groups in total. The Hall–Kier alpha value is -4.00. The smallest absolute Gasteiger partial charge is 0.265 e. The maximum absolute atomic E-state index is 13.0. The Kier molecular flexibility index (Phi) is 5.52. The van der Waals surface area contributed by atoms with Crippen molar-refractivity contribution >= 4 is 11.6 Å². The van der Waals surface area contributed by atoms with Crippen LogP contribution in [0.2, 0.25) is 0 Å². The molecular formula is C23H18FN3O3. The third kappa shape index (κ3) is 4.52. The second-order valence-electron chi connectivity index (χ2n) is 6.57. The minimum atomic E-state index is -0.750. The lowest BCUT2D eigenvalue weighted by molar-refractivity contribution is -0.122. The summed E-state index contributed by atoms with van der Waals surface area (Å²) in [5.74, 6) is 0.627. The maximum atomic E-state index is 13.0. The van der Waals surface area contributed by atoms with Gasteiger partial charge >= 0.3 is 0 Å². The Morgan fingerprint density at radius 1 is 0.967 bits per heavy atom. The number of benzene rings is 3. The summed E-state index contributed by atoms with van der Waals surface area (Å²) in [5.41, 5.74) is 2.20. The van der Waals surface area contributed by atoms with Crippen LogP contribution in [0.4, 0.5) is 10.1 Å². The molecule has 0 radical (unpaired) electrons. The van der Waals surface area contributed by atoms with Crippen LogP contribution in [-0.2, 0) is 4.79 Å². The van der Waals surface area contributed by atoms with E-state index in [9.17, 15) is 9.18 Å². The molecule has 30 heavy (non-hydrogen) atoms. The number of hydrogen-bond acceptors (Lipinski definition) is 5. The van der Waals surface area contributed by atoms with Gasteiger partial charge in [-0.1, -0.05) is 35.5 Å². The van der Waals surface area contributed by atoms with Gasteiger partial charge in [-0.3, -0.25) is 4.79 Å². The van der Waals surface area contributed by atoms with Crippen molar-refractivity contribution in [1.82, 2.24) is 10.1 Å². The summed E-state index contributed by atoms with van der Waals surface area (Å²) >= 11 is 0. The number of hydrogen-bond donors (Lipinski definition) is 1. The van der Waals surface area contributed by atoms with Crippen molar-refractivity contribution in [2.24, 2.45) is 0 Å². The van der Waals surface area contributed by atoms with Crippen LogP contribution >= 0.6 is 0 Å². The highest BCUT2D eigenvalue weighted by atomic mass is 19.1. The number of ether oxygens (including phenoxy) is 1. The van der Waals surface area contributed by atoms with Crippen LogP contribution in [0.25, 0.3) is 22.8 Å². The normalized spacial score (nSPS) is 11.7.